The van der Waals surface area contributed by atoms with Crippen molar-refractivity contribution in [3.05, 3.63) is 35.9 Å². The minimum atomic E-state index is -0.345. The fraction of sp³-hybridized carbons (Fsp3) is 0.474. The van der Waals surface area contributed by atoms with Gasteiger partial charge in [0.2, 0.25) is 17.7 Å². The van der Waals surface area contributed by atoms with Crippen molar-refractivity contribution in [3.8, 4) is 0 Å². The first-order valence-electron chi connectivity index (χ1n) is 8.75. The highest BCUT2D eigenvalue weighted by atomic mass is 16.2. The molecule has 0 unspecified atom stereocenters. The molecule has 1 heterocycles. The molecular formula is C19H26N4O3. The molecule has 0 aromatic heterocycles. The van der Waals surface area contributed by atoms with Crippen LogP contribution in [0.25, 0.3) is 0 Å². The van der Waals surface area contributed by atoms with Crippen LogP contribution in [0.15, 0.2) is 35.4 Å². The lowest BCUT2D eigenvalue weighted by molar-refractivity contribution is -0.133. The maximum atomic E-state index is 12.2. The van der Waals surface area contributed by atoms with Crippen molar-refractivity contribution in [1.82, 2.24) is 15.6 Å². The second-order valence-corrected chi connectivity index (χ2v) is 7.25. The number of nitrogens with zero attached hydrogens (tertiary/aromatic N) is 2. The number of rotatable bonds is 6. The van der Waals surface area contributed by atoms with Crippen LogP contribution in [0.2, 0.25) is 0 Å². The Morgan fingerprint density at radius 2 is 1.77 bits per heavy atom. The van der Waals surface area contributed by atoms with E-state index in [4.69, 9.17) is 0 Å². The molecule has 7 heteroatoms. The normalized spacial score (nSPS) is 14.0. The van der Waals surface area contributed by atoms with Gasteiger partial charge in [-0.25, -0.2) is 5.01 Å². The van der Waals surface area contributed by atoms with Gasteiger partial charge in [-0.15, -0.1) is 0 Å². The van der Waals surface area contributed by atoms with Crippen LogP contribution < -0.4 is 10.6 Å². The molecule has 2 rings (SSSR count). The molecule has 0 radical (unpaired) electrons. The summed E-state index contributed by atoms with van der Waals surface area (Å²) >= 11 is 0. The van der Waals surface area contributed by atoms with Crippen molar-refractivity contribution in [1.29, 1.82) is 0 Å². The van der Waals surface area contributed by atoms with Crippen molar-refractivity contribution in [2.24, 2.45) is 5.10 Å². The van der Waals surface area contributed by atoms with Gasteiger partial charge in [0.25, 0.3) is 0 Å². The molecule has 3 amide bonds. The number of amides is 3. The van der Waals surface area contributed by atoms with Crippen LogP contribution in [-0.2, 0) is 14.4 Å². The lowest BCUT2D eigenvalue weighted by Crippen LogP contribution is -2.45. The summed E-state index contributed by atoms with van der Waals surface area (Å²) < 4.78 is 0. The zero-order valence-electron chi connectivity index (χ0n) is 15.5. The Morgan fingerprint density at radius 3 is 2.42 bits per heavy atom. The predicted octanol–water partition coefficient (Wildman–Crippen LogP) is 1.43. The second kappa shape index (κ2) is 8.60. The van der Waals surface area contributed by atoms with Gasteiger partial charge < -0.3 is 10.6 Å². The Kier molecular flexibility index (Phi) is 6.49. The molecular weight excluding hydrogens is 332 g/mol. The average molecular weight is 358 g/mol. The Morgan fingerprint density at radius 1 is 1.08 bits per heavy atom. The molecule has 0 fully saturated rings. The SMILES string of the molecule is CC(C)(C)NC(=O)CNC(=O)CCC(=O)N1CCC(c2ccccc2)=N1. The third kappa shape index (κ3) is 6.31. The van der Waals surface area contributed by atoms with Gasteiger partial charge in [0, 0.05) is 24.8 Å². The van der Waals surface area contributed by atoms with Crippen molar-refractivity contribution in [2.45, 2.75) is 45.6 Å². The number of hydrazone groups is 1. The van der Waals surface area contributed by atoms with Gasteiger partial charge in [-0.1, -0.05) is 30.3 Å². The number of carbonyl (C=O) groups is 3. The average Bonchev–Trinajstić information content (AvgIpc) is 3.07. The summed E-state index contributed by atoms with van der Waals surface area (Å²) in [6.07, 6.45) is 0.807. The van der Waals surface area contributed by atoms with Crippen molar-refractivity contribution >= 4 is 23.4 Å². The number of carbonyl (C=O) groups excluding carboxylic acids is 3. The topological polar surface area (TPSA) is 90.9 Å². The van der Waals surface area contributed by atoms with Gasteiger partial charge in [-0.05, 0) is 26.3 Å². The maximum Gasteiger partial charge on any atom is 0.243 e. The molecule has 2 N–H and O–H groups in total. The van der Waals surface area contributed by atoms with Crippen LogP contribution in [-0.4, -0.2) is 47.1 Å². The first kappa shape index (κ1) is 19.6. The zero-order valence-corrected chi connectivity index (χ0v) is 15.5. The van der Waals surface area contributed by atoms with Gasteiger partial charge >= 0.3 is 0 Å². The van der Waals surface area contributed by atoms with E-state index in [1.165, 1.54) is 5.01 Å². The zero-order chi connectivity index (χ0) is 19.2. The van der Waals surface area contributed by atoms with E-state index in [1.54, 1.807) is 0 Å². The molecule has 0 saturated heterocycles. The van der Waals surface area contributed by atoms with Gasteiger partial charge in [0.15, 0.2) is 0 Å². The van der Waals surface area contributed by atoms with Gasteiger partial charge in [-0.3, -0.25) is 14.4 Å². The Balaban J connectivity index is 1.74. The molecule has 0 spiro atoms. The summed E-state index contributed by atoms with van der Waals surface area (Å²) in [4.78, 5) is 35.7. The number of nitrogens with one attached hydrogen (secondary N) is 2. The molecule has 0 atom stereocenters. The van der Waals surface area contributed by atoms with Crippen molar-refractivity contribution in [2.75, 3.05) is 13.1 Å². The highest BCUT2D eigenvalue weighted by molar-refractivity contribution is 6.02. The molecule has 26 heavy (non-hydrogen) atoms. The predicted molar refractivity (Wildman–Crippen MR) is 99.4 cm³/mol. The standard InChI is InChI=1S/C19H26N4O3/c1-19(2,3)21-17(25)13-20-16(24)9-10-18(26)23-12-11-15(22-23)14-7-5-4-6-8-14/h4-8H,9-13H2,1-3H3,(H,20,24)(H,21,25). The van der Waals surface area contributed by atoms with E-state index < -0.39 is 0 Å². The Hall–Kier alpha value is -2.70. The second-order valence-electron chi connectivity index (χ2n) is 7.25. The minimum absolute atomic E-state index is 0.0360. The fourth-order valence-corrected chi connectivity index (χ4v) is 2.55. The minimum Gasteiger partial charge on any atom is -0.350 e. The third-order valence-corrected chi connectivity index (χ3v) is 3.72. The maximum absolute atomic E-state index is 12.2. The summed E-state index contributed by atoms with van der Waals surface area (Å²) in [5.74, 6) is -0.770. The van der Waals surface area contributed by atoms with Crippen LogP contribution in [0, 0.1) is 0 Å². The lowest BCUT2D eigenvalue weighted by Gasteiger charge is -2.20. The highest BCUT2D eigenvalue weighted by Gasteiger charge is 2.22. The molecule has 1 aromatic rings. The first-order chi connectivity index (χ1) is 12.2. The van der Waals surface area contributed by atoms with Crippen LogP contribution >= 0.6 is 0 Å². The van der Waals surface area contributed by atoms with E-state index >= 15 is 0 Å². The van der Waals surface area contributed by atoms with Gasteiger partial charge in [-0.2, -0.15) is 5.10 Å². The molecule has 140 valence electrons. The number of hydrogen-bond acceptors (Lipinski definition) is 4. The number of hydrogen-bond donors (Lipinski definition) is 2. The van der Waals surface area contributed by atoms with Gasteiger partial charge in [0.1, 0.15) is 0 Å². The van der Waals surface area contributed by atoms with Crippen molar-refractivity contribution < 1.29 is 14.4 Å². The fourth-order valence-electron chi connectivity index (χ4n) is 2.55. The Labute approximate surface area is 153 Å². The quantitative estimate of drug-likeness (QED) is 0.806. The van der Waals surface area contributed by atoms with E-state index in [0.29, 0.717) is 13.0 Å². The van der Waals surface area contributed by atoms with Crippen LogP contribution in [0.4, 0.5) is 0 Å². The smallest absolute Gasteiger partial charge is 0.243 e. The van der Waals surface area contributed by atoms with E-state index in [2.05, 4.69) is 15.7 Å². The lowest BCUT2D eigenvalue weighted by atomic mass is 10.1. The molecule has 1 aromatic carbocycles. The van der Waals surface area contributed by atoms with Crippen LogP contribution in [0.1, 0.15) is 45.6 Å². The first-order valence-corrected chi connectivity index (χ1v) is 8.75. The molecule has 0 bridgehead atoms. The van der Waals surface area contributed by atoms with E-state index in [-0.39, 0.29) is 42.6 Å². The molecule has 1 aliphatic rings. The van der Waals surface area contributed by atoms with Gasteiger partial charge in [0.05, 0.1) is 18.8 Å². The molecule has 0 saturated carbocycles. The summed E-state index contributed by atoms with van der Waals surface area (Å²) in [6.45, 7) is 6.03. The van der Waals surface area contributed by atoms with E-state index in [0.717, 1.165) is 11.3 Å². The van der Waals surface area contributed by atoms with Crippen molar-refractivity contribution in [3.63, 3.8) is 0 Å². The summed E-state index contributed by atoms with van der Waals surface area (Å²) in [5.41, 5.74) is 1.54. The third-order valence-electron chi connectivity index (χ3n) is 3.72. The van der Waals surface area contributed by atoms with Crippen LogP contribution in [0.5, 0.6) is 0 Å². The summed E-state index contributed by atoms with van der Waals surface area (Å²) in [6, 6.07) is 9.72. The molecule has 0 aliphatic carbocycles. The molecule has 7 nitrogen and oxygen atoms in total. The van der Waals surface area contributed by atoms with E-state index in [1.807, 2.05) is 51.1 Å². The van der Waals surface area contributed by atoms with Crippen LogP contribution in [0.3, 0.4) is 0 Å². The van der Waals surface area contributed by atoms with E-state index in [9.17, 15) is 14.4 Å². The summed E-state index contributed by atoms with van der Waals surface area (Å²) in [7, 11) is 0. The number of benzene rings is 1. The summed E-state index contributed by atoms with van der Waals surface area (Å²) in [5, 5.41) is 11.1. The largest absolute Gasteiger partial charge is 0.350 e. The Bertz CT molecular complexity index is 692. The molecule has 1 aliphatic heterocycles. The monoisotopic (exact) mass is 358 g/mol. The highest BCUT2D eigenvalue weighted by Crippen LogP contribution is 2.14.